The van der Waals surface area contributed by atoms with Crippen LogP contribution >= 0.6 is 11.3 Å². The molecule has 4 heteroatoms. The zero-order valence-electron chi connectivity index (χ0n) is 12.8. The Kier molecular flexibility index (Phi) is 4.66. The average molecular weight is 292 g/mol. The van der Waals surface area contributed by atoms with Crippen molar-refractivity contribution in [2.24, 2.45) is 0 Å². The fraction of sp³-hybridized carbons (Fsp3) is 0.562. The molecule has 0 bridgehead atoms. The second kappa shape index (κ2) is 6.10. The van der Waals surface area contributed by atoms with E-state index < -0.39 is 5.60 Å². The Bertz CT molecular complexity index is 552. The lowest BCUT2D eigenvalue weighted by atomic mass is 9.96. The summed E-state index contributed by atoms with van der Waals surface area (Å²) in [7, 11) is 0. The van der Waals surface area contributed by atoms with Crippen LogP contribution in [0.15, 0.2) is 23.7 Å². The summed E-state index contributed by atoms with van der Waals surface area (Å²) in [5.74, 6) is 0. The number of hydrogen-bond acceptors (Lipinski definition) is 3. The first-order valence-corrected chi connectivity index (χ1v) is 8.16. The highest BCUT2D eigenvalue weighted by Crippen LogP contribution is 2.32. The van der Waals surface area contributed by atoms with Gasteiger partial charge in [-0.15, -0.1) is 11.3 Å². The lowest BCUT2D eigenvalue weighted by Gasteiger charge is -2.22. The van der Waals surface area contributed by atoms with Crippen LogP contribution < -0.4 is 0 Å². The van der Waals surface area contributed by atoms with Gasteiger partial charge in [0.25, 0.3) is 0 Å². The smallest absolute Gasteiger partial charge is 0.102 e. The molecule has 1 unspecified atom stereocenters. The summed E-state index contributed by atoms with van der Waals surface area (Å²) in [6, 6.07) is 4.53. The molecule has 0 aliphatic rings. The van der Waals surface area contributed by atoms with Crippen molar-refractivity contribution in [2.45, 2.75) is 58.6 Å². The molecule has 0 radical (unpaired) electrons. The van der Waals surface area contributed by atoms with Crippen molar-refractivity contribution in [3.8, 4) is 0 Å². The first-order valence-electron chi connectivity index (χ1n) is 7.29. The molecule has 1 N–H and O–H groups in total. The van der Waals surface area contributed by atoms with Crippen molar-refractivity contribution in [1.82, 2.24) is 9.78 Å². The molecule has 0 aromatic carbocycles. The van der Waals surface area contributed by atoms with E-state index in [1.54, 1.807) is 11.3 Å². The van der Waals surface area contributed by atoms with Crippen LogP contribution in [0.1, 0.15) is 55.8 Å². The van der Waals surface area contributed by atoms with Gasteiger partial charge in [-0.05, 0) is 49.8 Å². The van der Waals surface area contributed by atoms with Crippen molar-refractivity contribution < 1.29 is 5.11 Å². The van der Waals surface area contributed by atoms with Crippen LogP contribution in [0.4, 0.5) is 0 Å². The van der Waals surface area contributed by atoms with Gasteiger partial charge in [-0.1, -0.05) is 13.8 Å². The van der Waals surface area contributed by atoms with Crippen molar-refractivity contribution in [3.05, 3.63) is 39.8 Å². The van der Waals surface area contributed by atoms with Crippen LogP contribution in [-0.2, 0) is 12.0 Å². The van der Waals surface area contributed by atoms with E-state index >= 15 is 0 Å². The summed E-state index contributed by atoms with van der Waals surface area (Å²) in [6.45, 7) is 8.28. The molecule has 110 valence electrons. The van der Waals surface area contributed by atoms with Crippen molar-refractivity contribution in [2.75, 3.05) is 0 Å². The van der Waals surface area contributed by atoms with Gasteiger partial charge in [0, 0.05) is 17.5 Å². The molecule has 3 nitrogen and oxygen atoms in total. The van der Waals surface area contributed by atoms with Gasteiger partial charge in [0.15, 0.2) is 0 Å². The molecule has 0 aliphatic carbocycles. The van der Waals surface area contributed by atoms with E-state index in [-0.39, 0.29) is 0 Å². The number of hydrogen-bond donors (Lipinski definition) is 1. The van der Waals surface area contributed by atoms with Crippen molar-refractivity contribution in [1.29, 1.82) is 0 Å². The third kappa shape index (κ3) is 3.13. The second-order valence-electron chi connectivity index (χ2n) is 5.64. The summed E-state index contributed by atoms with van der Waals surface area (Å²) < 4.78 is 2.03. The van der Waals surface area contributed by atoms with Crippen LogP contribution in [0.25, 0.3) is 0 Å². The van der Waals surface area contributed by atoms with Crippen molar-refractivity contribution >= 4 is 11.3 Å². The maximum Gasteiger partial charge on any atom is 0.102 e. The van der Waals surface area contributed by atoms with Gasteiger partial charge in [-0.2, -0.15) is 5.10 Å². The quantitative estimate of drug-likeness (QED) is 0.871. The molecular weight excluding hydrogens is 268 g/mol. The Morgan fingerprint density at radius 3 is 2.60 bits per heavy atom. The van der Waals surface area contributed by atoms with Crippen LogP contribution in [0.5, 0.6) is 0 Å². The molecule has 2 aromatic rings. The zero-order valence-corrected chi connectivity index (χ0v) is 13.6. The fourth-order valence-corrected chi connectivity index (χ4v) is 3.68. The van der Waals surface area contributed by atoms with Gasteiger partial charge in [0.2, 0.25) is 0 Å². The SMILES string of the molecule is CCC(CC)n1ccc(CC(C)(O)c2sccc2C)n1. The molecular formula is C16H24N2OS. The third-order valence-corrected chi connectivity index (χ3v) is 5.13. The summed E-state index contributed by atoms with van der Waals surface area (Å²) in [4.78, 5) is 1.04. The van der Waals surface area contributed by atoms with E-state index in [0.29, 0.717) is 12.5 Å². The van der Waals surface area contributed by atoms with Gasteiger partial charge in [-0.3, -0.25) is 4.68 Å². The topological polar surface area (TPSA) is 38.0 Å². The lowest BCUT2D eigenvalue weighted by Crippen LogP contribution is -2.24. The molecule has 0 saturated heterocycles. The minimum Gasteiger partial charge on any atom is -0.384 e. The summed E-state index contributed by atoms with van der Waals surface area (Å²) in [6.07, 6.45) is 4.75. The Labute approximate surface area is 125 Å². The number of rotatable bonds is 6. The van der Waals surface area contributed by atoms with Gasteiger partial charge >= 0.3 is 0 Å². The van der Waals surface area contributed by atoms with Crippen LogP contribution in [0.3, 0.4) is 0 Å². The van der Waals surface area contributed by atoms with Crippen LogP contribution in [-0.4, -0.2) is 14.9 Å². The molecule has 1 atom stereocenters. The molecule has 0 saturated carbocycles. The molecule has 2 rings (SSSR count). The zero-order chi connectivity index (χ0) is 14.8. The van der Waals surface area contributed by atoms with Gasteiger partial charge in [0.05, 0.1) is 11.7 Å². The summed E-state index contributed by atoms with van der Waals surface area (Å²) in [5.41, 5.74) is 1.26. The first-order chi connectivity index (χ1) is 9.47. The first kappa shape index (κ1) is 15.3. The predicted molar refractivity (Wildman–Crippen MR) is 84.2 cm³/mol. The van der Waals surface area contributed by atoms with Crippen LogP contribution in [0.2, 0.25) is 0 Å². The molecule has 2 heterocycles. The minimum absolute atomic E-state index is 0.456. The highest BCUT2D eigenvalue weighted by atomic mass is 32.1. The highest BCUT2D eigenvalue weighted by Gasteiger charge is 2.27. The van der Waals surface area contributed by atoms with Gasteiger partial charge < -0.3 is 5.11 Å². The number of thiophene rings is 1. The van der Waals surface area contributed by atoms with Crippen molar-refractivity contribution in [3.63, 3.8) is 0 Å². The highest BCUT2D eigenvalue weighted by molar-refractivity contribution is 7.10. The van der Waals surface area contributed by atoms with Gasteiger partial charge in [-0.25, -0.2) is 0 Å². The van der Waals surface area contributed by atoms with E-state index in [9.17, 15) is 5.11 Å². The van der Waals surface area contributed by atoms with Gasteiger partial charge in [0.1, 0.15) is 5.60 Å². The number of aliphatic hydroxyl groups is 1. The molecule has 0 amide bonds. The number of nitrogens with zero attached hydrogens (tertiary/aromatic N) is 2. The van der Waals surface area contributed by atoms with E-state index in [4.69, 9.17) is 0 Å². The number of aryl methyl sites for hydroxylation is 1. The van der Waals surface area contributed by atoms with E-state index in [2.05, 4.69) is 25.0 Å². The van der Waals surface area contributed by atoms with E-state index in [0.717, 1.165) is 29.0 Å². The Balaban J connectivity index is 2.16. The Morgan fingerprint density at radius 2 is 2.05 bits per heavy atom. The standard InChI is InChI=1S/C16H24N2OS/c1-5-14(6-2)18-9-7-13(17-18)11-16(4,19)15-12(3)8-10-20-15/h7-10,14,19H,5-6,11H2,1-4H3. The van der Waals surface area contributed by atoms with E-state index in [1.165, 1.54) is 0 Å². The lowest BCUT2D eigenvalue weighted by molar-refractivity contribution is 0.0596. The Morgan fingerprint density at radius 1 is 1.35 bits per heavy atom. The monoisotopic (exact) mass is 292 g/mol. The molecule has 20 heavy (non-hydrogen) atoms. The molecule has 0 spiro atoms. The maximum absolute atomic E-state index is 10.7. The summed E-state index contributed by atoms with van der Waals surface area (Å²) >= 11 is 1.61. The maximum atomic E-state index is 10.7. The molecule has 0 aliphatic heterocycles. The van der Waals surface area contributed by atoms with Crippen LogP contribution in [0, 0.1) is 6.92 Å². The van der Waals surface area contributed by atoms with E-state index in [1.807, 2.05) is 36.2 Å². The normalized spacial score (nSPS) is 14.7. The number of aromatic nitrogens is 2. The minimum atomic E-state index is -0.842. The predicted octanol–water partition coefficient (Wildman–Crippen LogP) is 4.06. The molecule has 0 fully saturated rings. The average Bonchev–Trinajstić information content (AvgIpc) is 3.00. The molecule has 2 aromatic heterocycles. The largest absolute Gasteiger partial charge is 0.384 e. The summed E-state index contributed by atoms with van der Waals surface area (Å²) in [5, 5.41) is 17.4. The Hall–Kier alpha value is -1.13. The fourth-order valence-electron chi connectivity index (χ4n) is 2.70. The second-order valence-corrected chi connectivity index (χ2v) is 6.56. The third-order valence-electron chi connectivity index (χ3n) is 3.86.